The lowest BCUT2D eigenvalue weighted by molar-refractivity contribution is 0.446. The summed E-state index contributed by atoms with van der Waals surface area (Å²) >= 11 is 0. The van der Waals surface area contributed by atoms with Gasteiger partial charge >= 0.3 is 0 Å². The zero-order valence-corrected chi connectivity index (χ0v) is 11.8. The van der Waals surface area contributed by atoms with E-state index in [2.05, 4.69) is 11.4 Å². The molecule has 0 spiro atoms. The van der Waals surface area contributed by atoms with Crippen LogP contribution in [0.4, 0.5) is 0 Å². The van der Waals surface area contributed by atoms with Gasteiger partial charge in [0.15, 0.2) is 0 Å². The lowest BCUT2D eigenvalue weighted by atomic mass is 9.87. The first-order valence-electron chi connectivity index (χ1n) is 7.30. The zero-order valence-electron chi connectivity index (χ0n) is 11.8. The van der Waals surface area contributed by atoms with E-state index >= 15 is 0 Å². The predicted molar refractivity (Wildman–Crippen MR) is 81.8 cm³/mol. The third-order valence-corrected chi connectivity index (χ3v) is 4.05. The van der Waals surface area contributed by atoms with Crippen LogP contribution in [-0.4, -0.2) is 5.11 Å². The summed E-state index contributed by atoms with van der Waals surface area (Å²) in [6.45, 7) is 0.731. The molecule has 3 heteroatoms. The van der Waals surface area contributed by atoms with Crippen LogP contribution in [0.3, 0.4) is 0 Å². The number of nitriles is 1. The molecule has 0 amide bonds. The second-order valence-corrected chi connectivity index (χ2v) is 5.52. The van der Waals surface area contributed by atoms with E-state index in [1.165, 1.54) is 11.1 Å². The fraction of sp³-hybridized carbons (Fsp3) is 0.278. The highest BCUT2D eigenvalue weighted by Crippen LogP contribution is 2.32. The lowest BCUT2D eigenvalue weighted by Crippen LogP contribution is -2.24. The number of rotatable bonds is 3. The number of aromatic hydroxyl groups is 1. The zero-order chi connectivity index (χ0) is 14.7. The molecule has 0 saturated carbocycles. The summed E-state index contributed by atoms with van der Waals surface area (Å²) in [7, 11) is 0. The molecule has 0 heterocycles. The number of aryl methyl sites for hydroxylation is 1. The summed E-state index contributed by atoms with van der Waals surface area (Å²) in [6.07, 6.45) is 3.32. The molecular formula is C18H18N2O. The molecule has 106 valence electrons. The van der Waals surface area contributed by atoms with Crippen molar-refractivity contribution in [2.75, 3.05) is 0 Å². The maximum absolute atomic E-state index is 9.70. The van der Waals surface area contributed by atoms with Gasteiger partial charge in [-0.1, -0.05) is 18.2 Å². The Morgan fingerprint density at radius 2 is 2.14 bits per heavy atom. The summed E-state index contributed by atoms with van der Waals surface area (Å²) in [5.41, 5.74) is 4.33. The average Bonchev–Trinajstić information content (AvgIpc) is 2.53. The fourth-order valence-electron chi connectivity index (χ4n) is 2.99. The largest absolute Gasteiger partial charge is 0.508 e. The van der Waals surface area contributed by atoms with Crippen LogP contribution in [0.1, 0.15) is 41.1 Å². The first-order valence-corrected chi connectivity index (χ1v) is 7.30. The minimum absolute atomic E-state index is 0.270. The Morgan fingerprint density at radius 3 is 3.00 bits per heavy atom. The molecule has 1 aliphatic carbocycles. The number of fused-ring (bicyclic) bond motifs is 1. The molecule has 3 rings (SSSR count). The van der Waals surface area contributed by atoms with E-state index in [4.69, 9.17) is 5.26 Å². The Balaban J connectivity index is 1.75. The minimum Gasteiger partial charge on any atom is -0.508 e. The lowest BCUT2D eigenvalue weighted by Gasteiger charge is -2.26. The second kappa shape index (κ2) is 5.99. The first-order chi connectivity index (χ1) is 10.3. The number of hydrogen-bond acceptors (Lipinski definition) is 3. The molecule has 3 nitrogen and oxygen atoms in total. The molecule has 1 atom stereocenters. The Kier molecular flexibility index (Phi) is 3.89. The number of phenolic OH excluding ortho intramolecular Hbond substituents is 1. The maximum Gasteiger partial charge on any atom is 0.115 e. The van der Waals surface area contributed by atoms with Crippen molar-refractivity contribution in [3.63, 3.8) is 0 Å². The molecule has 1 aliphatic rings. The smallest absolute Gasteiger partial charge is 0.115 e. The SMILES string of the molecule is N#Cc1cccc(CNC2CCCc3ccc(O)cc32)c1. The standard InChI is InChI=1S/C18H18N2O/c19-11-13-3-1-4-14(9-13)12-20-18-6-2-5-15-7-8-16(21)10-17(15)18/h1,3-4,7-10,18,20-21H,2,5-6,12H2. The maximum atomic E-state index is 9.70. The van der Waals surface area contributed by atoms with Crippen LogP contribution in [0.25, 0.3) is 0 Å². The molecule has 0 saturated heterocycles. The highest BCUT2D eigenvalue weighted by Gasteiger charge is 2.20. The molecule has 1 unspecified atom stereocenters. The van der Waals surface area contributed by atoms with Crippen LogP contribution in [0.2, 0.25) is 0 Å². The summed E-state index contributed by atoms with van der Waals surface area (Å²) < 4.78 is 0. The van der Waals surface area contributed by atoms with Crippen LogP contribution < -0.4 is 5.32 Å². The van der Waals surface area contributed by atoms with E-state index < -0.39 is 0 Å². The van der Waals surface area contributed by atoms with Crippen LogP contribution in [0.5, 0.6) is 5.75 Å². The van der Waals surface area contributed by atoms with Crippen molar-refractivity contribution < 1.29 is 5.11 Å². The molecule has 0 bridgehead atoms. The Morgan fingerprint density at radius 1 is 1.24 bits per heavy atom. The minimum atomic E-state index is 0.270. The molecule has 0 aliphatic heterocycles. The fourth-order valence-corrected chi connectivity index (χ4v) is 2.99. The number of phenols is 1. The molecular weight excluding hydrogens is 260 g/mol. The van der Waals surface area contributed by atoms with Gasteiger partial charge in [-0.05, 0) is 60.2 Å². The quantitative estimate of drug-likeness (QED) is 0.904. The number of nitrogens with zero attached hydrogens (tertiary/aromatic N) is 1. The number of benzene rings is 2. The highest BCUT2D eigenvalue weighted by molar-refractivity contribution is 5.39. The molecule has 0 fully saturated rings. The Hall–Kier alpha value is -2.31. The van der Waals surface area contributed by atoms with Gasteiger partial charge in [0.05, 0.1) is 11.6 Å². The van der Waals surface area contributed by atoms with Crippen LogP contribution in [-0.2, 0) is 13.0 Å². The van der Waals surface area contributed by atoms with Gasteiger partial charge < -0.3 is 10.4 Å². The summed E-state index contributed by atoms with van der Waals surface area (Å²) in [5, 5.41) is 22.2. The van der Waals surface area contributed by atoms with Gasteiger partial charge in [0, 0.05) is 12.6 Å². The van der Waals surface area contributed by atoms with Gasteiger partial charge in [-0.2, -0.15) is 5.26 Å². The van der Waals surface area contributed by atoms with Gasteiger partial charge in [-0.15, -0.1) is 0 Å². The van der Waals surface area contributed by atoms with E-state index in [1.807, 2.05) is 36.4 Å². The average molecular weight is 278 g/mol. The number of nitrogens with one attached hydrogen (secondary N) is 1. The third kappa shape index (κ3) is 3.07. The normalized spacial score (nSPS) is 17.0. The van der Waals surface area contributed by atoms with Crippen molar-refractivity contribution in [3.8, 4) is 11.8 Å². The predicted octanol–water partition coefficient (Wildman–Crippen LogP) is 3.43. The van der Waals surface area contributed by atoms with Crippen molar-refractivity contribution >= 4 is 0 Å². The van der Waals surface area contributed by atoms with E-state index in [1.54, 1.807) is 6.07 Å². The van der Waals surface area contributed by atoms with Crippen LogP contribution in [0.15, 0.2) is 42.5 Å². The van der Waals surface area contributed by atoms with E-state index in [0.29, 0.717) is 11.3 Å². The van der Waals surface area contributed by atoms with Crippen molar-refractivity contribution in [3.05, 3.63) is 64.7 Å². The molecule has 2 aromatic rings. The topological polar surface area (TPSA) is 56.0 Å². The van der Waals surface area contributed by atoms with Crippen molar-refractivity contribution in [1.29, 1.82) is 5.26 Å². The highest BCUT2D eigenvalue weighted by atomic mass is 16.3. The summed E-state index contributed by atoms with van der Waals surface area (Å²) in [5.74, 6) is 0.328. The van der Waals surface area contributed by atoms with Gasteiger partial charge in [0.1, 0.15) is 5.75 Å². The molecule has 21 heavy (non-hydrogen) atoms. The van der Waals surface area contributed by atoms with Gasteiger partial charge in [0.2, 0.25) is 0 Å². The van der Waals surface area contributed by atoms with E-state index in [9.17, 15) is 5.11 Å². The van der Waals surface area contributed by atoms with Gasteiger partial charge in [-0.3, -0.25) is 0 Å². The number of hydrogen-bond donors (Lipinski definition) is 2. The van der Waals surface area contributed by atoms with Gasteiger partial charge in [0.25, 0.3) is 0 Å². The Bertz CT molecular complexity index is 688. The van der Waals surface area contributed by atoms with Crippen molar-refractivity contribution in [2.24, 2.45) is 0 Å². The summed E-state index contributed by atoms with van der Waals surface area (Å²) in [4.78, 5) is 0. The van der Waals surface area contributed by atoms with Crippen molar-refractivity contribution in [1.82, 2.24) is 5.32 Å². The summed E-state index contributed by atoms with van der Waals surface area (Å²) in [6, 6.07) is 15.8. The van der Waals surface area contributed by atoms with Gasteiger partial charge in [-0.25, -0.2) is 0 Å². The molecule has 0 aromatic heterocycles. The molecule has 2 aromatic carbocycles. The molecule has 2 N–H and O–H groups in total. The van der Waals surface area contributed by atoms with Crippen LogP contribution in [0, 0.1) is 11.3 Å². The van der Waals surface area contributed by atoms with Crippen molar-refractivity contribution in [2.45, 2.75) is 31.8 Å². The molecule has 0 radical (unpaired) electrons. The van der Waals surface area contributed by atoms with E-state index in [0.717, 1.165) is 31.4 Å². The first kappa shape index (κ1) is 13.7. The second-order valence-electron chi connectivity index (χ2n) is 5.52. The van der Waals surface area contributed by atoms with E-state index in [-0.39, 0.29) is 6.04 Å². The van der Waals surface area contributed by atoms with Crippen LogP contribution >= 0.6 is 0 Å². The Labute approximate surface area is 124 Å². The third-order valence-electron chi connectivity index (χ3n) is 4.05. The monoisotopic (exact) mass is 278 g/mol.